The van der Waals surface area contributed by atoms with E-state index in [9.17, 15) is 9.59 Å². The summed E-state index contributed by atoms with van der Waals surface area (Å²) in [5.74, 6) is 0.340. The number of rotatable bonds is 11. The first-order chi connectivity index (χ1) is 17.4. The number of halogens is 3. The number of hydrogen-bond donors (Lipinski definition) is 2. The SMILES string of the molecule is CCOc1cc(C=NNC(=O)CCC(=O)Nc2ccccc2Cl)ccc1OCc1ccc(Cl)cc1Cl. The minimum absolute atomic E-state index is 0.00919. The van der Waals surface area contributed by atoms with Crippen molar-refractivity contribution < 1.29 is 19.1 Å². The van der Waals surface area contributed by atoms with E-state index in [-0.39, 0.29) is 25.4 Å². The predicted molar refractivity (Wildman–Crippen MR) is 143 cm³/mol. The van der Waals surface area contributed by atoms with Crippen LogP contribution in [0.2, 0.25) is 15.1 Å². The number of carbonyl (C=O) groups is 2. The quantitative estimate of drug-likeness (QED) is 0.212. The highest BCUT2D eigenvalue weighted by Crippen LogP contribution is 2.30. The Morgan fingerprint density at radius 3 is 2.42 bits per heavy atom. The minimum atomic E-state index is -0.398. The highest BCUT2D eigenvalue weighted by molar-refractivity contribution is 6.35. The zero-order valence-corrected chi connectivity index (χ0v) is 21.7. The molecule has 10 heteroatoms. The zero-order valence-electron chi connectivity index (χ0n) is 19.4. The highest BCUT2D eigenvalue weighted by Gasteiger charge is 2.10. The van der Waals surface area contributed by atoms with Crippen LogP contribution in [0.25, 0.3) is 0 Å². The van der Waals surface area contributed by atoms with Crippen LogP contribution in [0, 0.1) is 0 Å². The van der Waals surface area contributed by atoms with Gasteiger partial charge in [-0.1, -0.05) is 53.0 Å². The molecular weight excluding hydrogens is 525 g/mol. The second-order valence-electron chi connectivity index (χ2n) is 7.48. The summed E-state index contributed by atoms with van der Waals surface area (Å²) in [5, 5.41) is 8.12. The number of benzene rings is 3. The van der Waals surface area contributed by atoms with Gasteiger partial charge in [-0.05, 0) is 55.0 Å². The lowest BCUT2D eigenvalue weighted by Crippen LogP contribution is -2.20. The van der Waals surface area contributed by atoms with Crippen LogP contribution in [0.1, 0.15) is 30.9 Å². The molecule has 0 aliphatic heterocycles. The molecule has 0 spiro atoms. The normalized spacial score (nSPS) is 10.8. The summed E-state index contributed by atoms with van der Waals surface area (Å²) in [6.45, 7) is 2.54. The average molecular weight is 549 g/mol. The van der Waals surface area contributed by atoms with Crippen LogP contribution < -0.4 is 20.2 Å². The first-order valence-electron chi connectivity index (χ1n) is 11.1. The van der Waals surface area contributed by atoms with E-state index < -0.39 is 5.91 Å². The molecule has 0 radical (unpaired) electrons. The summed E-state index contributed by atoms with van der Waals surface area (Å²) in [4.78, 5) is 24.1. The highest BCUT2D eigenvalue weighted by atomic mass is 35.5. The molecule has 0 saturated heterocycles. The lowest BCUT2D eigenvalue weighted by atomic mass is 10.2. The van der Waals surface area contributed by atoms with Gasteiger partial charge in [0.25, 0.3) is 0 Å². The molecule has 2 N–H and O–H groups in total. The molecule has 0 saturated carbocycles. The van der Waals surface area contributed by atoms with Crippen LogP contribution in [-0.4, -0.2) is 24.6 Å². The number of nitrogens with one attached hydrogen (secondary N) is 2. The Labute approximate surface area is 224 Å². The van der Waals surface area contributed by atoms with E-state index in [4.69, 9.17) is 44.3 Å². The molecule has 0 heterocycles. The molecular formula is C26H24Cl3N3O4. The number of nitrogens with zero attached hydrogens (tertiary/aromatic N) is 1. The number of anilines is 1. The molecule has 36 heavy (non-hydrogen) atoms. The van der Waals surface area contributed by atoms with Gasteiger partial charge in [-0.15, -0.1) is 0 Å². The summed E-state index contributed by atoms with van der Waals surface area (Å²) in [6.07, 6.45) is 1.44. The fourth-order valence-electron chi connectivity index (χ4n) is 3.02. The number of ether oxygens (including phenoxy) is 2. The number of amides is 2. The molecule has 0 fully saturated rings. The van der Waals surface area contributed by atoms with Gasteiger partial charge in [-0.25, -0.2) is 5.43 Å². The molecule has 0 atom stereocenters. The first kappa shape index (κ1) is 27.3. The maximum atomic E-state index is 12.1. The minimum Gasteiger partial charge on any atom is -0.490 e. The van der Waals surface area contributed by atoms with Gasteiger partial charge in [-0.2, -0.15) is 5.10 Å². The number of para-hydroxylation sites is 1. The molecule has 0 aromatic heterocycles. The molecule has 188 valence electrons. The van der Waals surface area contributed by atoms with Crippen LogP contribution in [0.4, 0.5) is 5.69 Å². The third-order valence-electron chi connectivity index (χ3n) is 4.80. The largest absolute Gasteiger partial charge is 0.490 e. The molecule has 3 aromatic carbocycles. The van der Waals surface area contributed by atoms with E-state index in [1.807, 2.05) is 6.92 Å². The van der Waals surface area contributed by atoms with Crippen LogP contribution in [0.3, 0.4) is 0 Å². The summed E-state index contributed by atoms with van der Waals surface area (Å²) in [7, 11) is 0. The molecule has 0 aliphatic carbocycles. The van der Waals surface area contributed by atoms with Crippen LogP contribution >= 0.6 is 34.8 Å². The van der Waals surface area contributed by atoms with Gasteiger partial charge in [0.05, 0.1) is 23.5 Å². The predicted octanol–water partition coefficient (Wildman–Crippen LogP) is 6.49. The van der Waals surface area contributed by atoms with Crippen molar-refractivity contribution >= 4 is 58.5 Å². The Morgan fingerprint density at radius 2 is 1.67 bits per heavy atom. The lowest BCUT2D eigenvalue weighted by molar-refractivity contribution is -0.124. The number of hydrazone groups is 1. The smallest absolute Gasteiger partial charge is 0.240 e. The van der Waals surface area contributed by atoms with Crippen LogP contribution in [-0.2, 0) is 16.2 Å². The zero-order chi connectivity index (χ0) is 25.9. The second-order valence-corrected chi connectivity index (χ2v) is 8.74. The molecule has 3 rings (SSSR count). The average Bonchev–Trinajstić information content (AvgIpc) is 2.85. The fraction of sp³-hybridized carbons (Fsp3) is 0.192. The van der Waals surface area contributed by atoms with Crippen molar-refractivity contribution in [2.75, 3.05) is 11.9 Å². The van der Waals surface area contributed by atoms with Gasteiger partial charge >= 0.3 is 0 Å². The molecule has 0 aliphatic rings. The summed E-state index contributed by atoms with van der Waals surface area (Å²) >= 11 is 18.2. The van der Waals surface area contributed by atoms with Crippen molar-refractivity contribution in [3.05, 3.63) is 86.9 Å². The second kappa shape index (κ2) is 13.7. The molecule has 2 amide bonds. The van der Waals surface area contributed by atoms with Gasteiger partial charge in [0.15, 0.2) is 11.5 Å². The lowest BCUT2D eigenvalue weighted by Gasteiger charge is -2.13. The Kier molecular flexibility index (Phi) is 10.4. The third kappa shape index (κ3) is 8.45. The van der Waals surface area contributed by atoms with Crippen molar-refractivity contribution in [1.29, 1.82) is 0 Å². The summed E-state index contributed by atoms with van der Waals surface area (Å²) in [5.41, 5.74) is 4.39. The van der Waals surface area contributed by atoms with E-state index in [1.165, 1.54) is 6.21 Å². The van der Waals surface area contributed by atoms with E-state index >= 15 is 0 Å². The van der Waals surface area contributed by atoms with E-state index in [0.29, 0.717) is 44.4 Å². The molecule has 0 bridgehead atoms. The summed E-state index contributed by atoms with van der Waals surface area (Å²) < 4.78 is 11.6. The van der Waals surface area contributed by atoms with Gasteiger partial charge in [-0.3, -0.25) is 9.59 Å². The van der Waals surface area contributed by atoms with E-state index in [1.54, 1.807) is 60.7 Å². The topological polar surface area (TPSA) is 89.0 Å². The van der Waals surface area contributed by atoms with Gasteiger partial charge in [0, 0.05) is 28.5 Å². The Balaban J connectivity index is 1.51. The third-order valence-corrected chi connectivity index (χ3v) is 5.71. The Hall–Kier alpha value is -3.26. The molecule has 0 unspecified atom stereocenters. The van der Waals surface area contributed by atoms with Crippen molar-refractivity contribution in [2.45, 2.75) is 26.4 Å². The number of hydrogen-bond acceptors (Lipinski definition) is 5. The maximum absolute atomic E-state index is 12.1. The standard InChI is InChI=1S/C26H24Cl3N3O4/c1-2-35-24-13-17(7-10-23(24)36-16-18-8-9-19(27)14-21(18)29)15-30-32-26(34)12-11-25(33)31-22-6-4-3-5-20(22)28/h3-10,13-15H,2,11-12,16H2,1H3,(H,31,33)(H,32,34). The van der Waals surface area contributed by atoms with Crippen molar-refractivity contribution in [1.82, 2.24) is 5.43 Å². The van der Waals surface area contributed by atoms with Gasteiger partial charge < -0.3 is 14.8 Å². The van der Waals surface area contributed by atoms with Gasteiger partial charge in [0.1, 0.15) is 6.61 Å². The van der Waals surface area contributed by atoms with Crippen LogP contribution in [0.15, 0.2) is 65.8 Å². The van der Waals surface area contributed by atoms with E-state index in [2.05, 4.69) is 15.8 Å². The van der Waals surface area contributed by atoms with Crippen molar-refractivity contribution in [3.63, 3.8) is 0 Å². The van der Waals surface area contributed by atoms with Crippen molar-refractivity contribution in [2.24, 2.45) is 5.10 Å². The molecule has 3 aromatic rings. The van der Waals surface area contributed by atoms with Crippen LogP contribution in [0.5, 0.6) is 11.5 Å². The first-order valence-corrected chi connectivity index (χ1v) is 12.2. The summed E-state index contributed by atoms with van der Waals surface area (Å²) in [6, 6.07) is 17.3. The Bertz CT molecular complexity index is 1250. The molecule has 7 nitrogen and oxygen atoms in total. The van der Waals surface area contributed by atoms with Crippen molar-refractivity contribution in [3.8, 4) is 11.5 Å². The van der Waals surface area contributed by atoms with E-state index in [0.717, 1.165) is 5.56 Å². The van der Waals surface area contributed by atoms with Gasteiger partial charge in [0.2, 0.25) is 11.8 Å². The number of carbonyl (C=O) groups excluding carboxylic acids is 2. The fourth-order valence-corrected chi connectivity index (χ4v) is 3.67. The maximum Gasteiger partial charge on any atom is 0.240 e. The monoisotopic (exact) mass is 547 g/mol. The Morgan fingerprint density at radius 1 is 0.889 bits per heavy atom.